The van der Waals surface area contributed by atoms with Crippen LogP contribution in [0.4, 0.5) is 0 Å². The molecule has 0 aliphatic rings. The van der Waals surface area contributed by atoms with Gasteiger partial charge in [-0.1, -0.05) is 42.1 Å². The van der Waals surface area contributed by atoms with Crippen molar-refractivity contribution >= 4 is 23.6 Å². The molecule has 164 valence electrons. The average Bonchev–Trinajstić information content (AvgIpc) is 3.41. The summed E-state index contributed by atoms with van der Waals surface area (Å²) in [7, 11) is 0. The Bertz CT molecular complexity index is 984. The van der Waals surface area contributed by atoms with Crippen molar-refractivity contribution in [2.24, 2.45) is 0 Å². The van der Waals surface area contributed by atoms with E-state index < -0.39 is 0 Å². The molecule has 0 bridgehead atoms. The second kappa shape index (κ2) is 10.9. The van der Waals surface area contributed by atoms with E-state index in [0.29, 0.717) is 13.1 Å². The average molecular weight is 441 g/mol. The summed E-state index contributed by atoms with van der Waals surface area (Å²) in [6.45, 7) is 6.72. The molecule has 0 spiro atoms. The lowest BCUT2D eigenvalue weighted by Crippen LogP contribution is -2.43. The Labute approximate surface area is 186 Å². The number of furan rings is 1. The number of hydrogen-bond donors (Lipinski definition) is 1. The number of amides is 2. The van der Waals surface area contributed by atoms with E-state index in [1.165, 1.54) is 11.8 Å². The Balaban J connectivity index is 1.74. The zero-order valence-corrected chi connectivity index (χ0v) is 18.9. The zero-order chi connectivity index (χ0) is 22.2. The lowest BCUT2D eigenvalue weighted by molar-refractivity contribution is -0.134. The van der Waals surface area contributed by atoms with Crippen molar-refractivity contribution in [3.05, 3.63) is 60.7 Å². The number of likely N-dealkylation sites (N-methyl/N-ethyl adjacent to an activating group) is 1. The van der Waals surface area contributed by atoms with Crippen LogP contribution in [0.3, 0.4) is 0 Å². The summed E-state index contributed by atoms with van der Waals surface area (Å²) < 4.78 is 7.58. The highest BCUT2D eigenvalue weighted by molar-refractivity contribution is 7.99. The van der Waals surface area contributed by atoms with Crippen molar-refractivity contribution in [3.8, 4) is 11.3 Å². The monoisotopic (exact) mass is 440 g/mol. The molecule has 0 radical (unpaired) electrons. The van der Waals surface area contributed by atoms with Gasteiger partial charge in [-0.3, -0.25) is 9.59 Å². The molecule has 31 heavy (non-hydrogen) atoms. The first-order valence-electron chi connectivity index (χ1n) is 10.3. The van der Waals surface area contributed by atoms with Gasteiger partial charge in [0.1, 0.15) is 5.76 Å². The number of nitrogens with zero attached hydrogens (tertiary/aromatic N) is 3. The van der Waals surface area contributed by atoms with Crippen LogP contribution in [0.15, 0.2) is 64.5 Å². The van der Waals surface area contributed by atoms with Crippen LogP contribution in [0, 0.1) is 0 Å². The fraction of sp³-hybridized carbons (Fsp3) is 0.348. The number of imidazole rings is 1. The molecule has 8 heteroatoms. The maximum Gasteiger partial charge on any atom is 0.239 e. The van der Waals surface area contributed by atoms with E-state index >= 15 is 0 Å². The molecule has 1 N–H and O–H groups in total. The topological polar surface area (TPSA) is 80.4 Å². The highest BCUT2D eigenvalue weighted by Crippen LogP contribution is 2.27. The quantitative estimate of drug-likeness (QED) is 0.487. The molecule has 3 rings (SSSR count). The van der Waals surface area contributed by atoms with Crippen LogP contribution in [0.2, 0.25) is 0 Å². The van der Waals surface area contributed by atoms with Crippen LogP contribution in [-0.4, -0.2) is 51.1 Å². The Hall–Kier alpha value is -3.00. The lowest BCUT2D eigenvalue weighted by atomic mass is 10.2. The first-order valence-corrected chi connectivity index (χ1v) is 11.3. The van der Waals surface area contributed by atoms with Gasteiger partial charge in [0.2, 0.25) is 11.8 Å². The summed E-state index contributed by atoms with van der Waals surface area (Å²) in [5.74, 6) is 0.761. The molecule has 0 saturated heterocycles. The predicted octanol–water partition coefficient (Wildman–Crippen LogP) is 3.66. The van der Waals surface area contributed by atoms with Crippen molar-refractivity contribution in [1.29, 1.82) is 0 Å². The van der Waals surface area contributed by atoms with E-state index in [2.05, 4.69) is 10.3 Å². The van der Waals surface area contributed by atoms with E-state index in [1.54, 1.807) is 11.2 Å². The minimum atomic E-state index is -0.152. The molecule has 0 unspecified atom stereocenters. The molecule has 1 aromatic carbocycles. The van der Waals surface area contributed by atoms with Gasteiger partial charge in [0, 0.05) is 12.6 Å². The van der Waals surface area contributed by atoms with Crippen LogP contribution >= 0.6 is 11.8 Å². The summed E-state index contributed by atoms with van der Waals surface area (Å²) in [6, 6.07) is 13.8. The fourth-order valence-corrected chi connectivity index (χ4v) is 4.04. The number of carbonyl (C=O) groups excluding carboxylic acids is 2. The van der Waals surface area contributed by atoms with Crippen LogP contribution in [0.5, 0.6) is 0 Å². The number of nitrogens with one attached hydrogen (secondary N) is 1. The Morgan fingerprint density at radius 2 is 1.97 bits per heavy atom. The smallest absolute Gasteiger partial charge is 0.239 e. The molecular formula is C23H28N4O3S. The number of aromatic nitrogens is 2. The van der Waals surface area contributed by atoms with Crippen molar-refractivity contribution in [1.82, 2.24) is 19.8 Å². The van der Waals surface area contributed by atoms with Gasteiger partial charge in [-0.05, 0) is 38.5 Å². The predicted molar refractivity (Wildman–Crippen MR) is 122 cm³/mol. The molecule has 0 atom stereocenters. The minimum absolute atomic E-state index is 0.0427. The molecule has 2 amide bonds. The Morgan fingerprint density at radius 3 is 2.61 bits per heavy atom. The van der Waals surface area contributed by atoms with E-state index in [9.17, 15) is 9.59 Å². The Kier molecular flexibility index (Phi) is 7.94. The molecule has 0 saturated carbocycles. The molecule has 2 aromatic heterocycles. The van der Waals surface area contributed by atoms with E-state index in [4.69, 9.17) is 4.42 Å². The van der Waals surface area contributed by atoms with Crippen molar-refractivity contribution < 1.29 is 14.0 Å². The van der Waals surface area contributed by atoms with E-state index in [-0.39, 0.29) is 30.2 Å². The summed E-state index contributed by atoms with van der Waals surface area (Å²) in [5.41, 5.74) is 2.00. The van der Waals surface area contributed by atoms with Crippen LogP contribution < -0.4 is 5.32 Å². The second-order valence-electron chi connectivity index (χ2n) is 7.38. The zero-order valence-electron chi connectivity index (χ0n) is 18.1. The van der Waals surface area contributed by atoms with E-state index in [0.717, 1.165) is 22.2 Å². The Morgan fingerprint density at radius 1 is 1.19 bits per heavy atom. The third-order valence-corrected chi connectivity index (χ3v) is 5.60. The molecule has 2 heterocycles. The highest BCUT2D eigenvalue weighted by atomic mass is 32.2. The summed E-state index contributed by atoms with van der Waals surface area (Å²) >= 11 is 1.36. The summed E-state index contributed by atoms with van der Waals surface area (Å²) in [5, 5.41) is 3.55. The molecule has 7 nitrogen and oxygen atoms in total. The van der Waals surface area contributed by atoms with Gasteiger partial charge in [0.25, 0.3) is 0 Å². The van der Waals surface area contributed by atoms with Crippen molar-refractivity contribution in [3.63, 3.8) is 0 Å². The number of carbonyl (C=O) groups is 2. The van der Waals surface area contributed by atoms with Gasteiger partial charge in [-0.15, -0.1) is 0 Å². The maximum absolute atomic E-state index is 12.7. The first-order chi connectivity index (χ1) is 15.0. The van der Waals surface area contributed by atoms with Crippen molar-refractivity contribution in [2.75, 3.05) is 18.8 Å². The summed E-state index contributed by atoms with van der Waals surface area (Å²) in [6.07, 6.45) is 3.46. The van der Waals surface area contributed by atoms with Gasteiger partial charge in [-0.25, -0.2) is 4.98 Å². The third kappa shape index (κ3) is 6.24. The number of rotatable bonds is 10. The van der Waals surface area contributed by atoms with Crippen LogP contribution in [-0.2, 0) is 16.1 Å². The highest BCUT2D eigenvalue weighted by Gasteiger charge is 2.19. The molecular weight excluding hydrogens is 412 g/mol. The number of hydrogen-bond acceptors (Lipinski definition) is 5. The lowest BCUT2D eigenvalue weighted by Gasteiger charge is -2.21. The largest absolute Gasteiger partial charge is 0.467 e. The number of benzene rings is 1. The minimum Gasteiger partial charge on any atom is -0.467 e. The maximum atomic E-state index is 12.7. The van der Waals surface area contributed by atoms with E-state index in [1.807, 2.05) is 74.0 Å². The van der Waals surface area contributed by atoms with Gasteiger partial charge >= 0.3 is 0 Å². The standard InChI is InChI=1S/C23H28N4O3S/c1-4-26(15-21(28)25-17(2)3)22(29)16-31-23-24-13-20(18-9-6-5-7-10-18)27(23)14-19-11-8-12-30-19/h5-13,17H,4,14-16H2,1-3H3,(H,25,28). The fourth-order valence-electron chi connectivity index (χ4n) is 3.16. The van der Waals surface area contributed by atoms with Gasteiger partial charge in [0.15, 0.2) is 5.16 Å². The molecule has 0 aliphatic heterocycles. The molecule has 3 aromatic rings. The molecule has 0 aliphatic carbocycles. The van der Waals surface area contributed by atoms with Crippen LogP contribution in [0.25, 0.3) is 11.3 Å². The third-order valence-electron chi connectivity index (χ3n) is 4.63. The normalized spacial score (nSPS) is 11.0. The van der Waals surface area contributed by atoms with Crippen molar-refractivity contribution in [2.45, 2.75) is 38.5 Å². The summed E-state index contributed by atoms with van der Waals surface area (Å²) in [4.78, 5) is 30.9. The van der Waals surface area contributed by atoms with Crippen LogP contribution in [0.1, 0.15) is 26.5 Å². The van der Waals surface area contributed by atoms with Gasteiger partial charge < -0.3 is 19.2 Å². The second-order valence-corrected chi connectivity index (χ2v) is 8.32. The number of thioether (sulfide) groups is 1. The van der Waals surface area contributed by atoms with Gasteiger partial charge in [0.05, 0.1) is 37.0 Å². The first kappa shape index (κ1) is 22.7. The van der Waals surface area contributed by atoms with Gasteiger partial charge in [-0.2, -0.15) is 0 Å². The SMILES string of the molecule is CCN(CC(=O)NC(C)C)C(=O)CSc1ncc(-c2ccccc2)n1Cc1ccco1. The molecule has 0 fully saturated rings.